The Balaban J connectivity index is 1.94. The summed E-state index contributed by atoms with van der Waals surface area (Å²) < 4.78 is 7.74. The van der Waals surface area contributed by atoms with Crippen molar-refractivity contribution in [3.63, 3.8) is 0 Å². The highest BCUT2D eigenvalue weighted by Crippen LogP contribution is 2.34. The second-order valence-electron chi connectivity index (χ2n) is 5.26. The summed E-state index contributed by atoms with van der Waals surface area (Å²) in [4.78, 5) is 0. The lowest BCUT2D eigenvalue weighted by Crippen LogP contribution is -2.44. The molecule has 1 heterocycles. The molecule has 1 aliphatic rings. The van der Waals surface area contributed by atoms with Crippen molar-refractivity contribution in [2.24, 2.45) is 18.7 Å². The third-order valence-corrected chi connectivity index (χ3v) is 3.60. The first-order chi connectivity index (χ1) is 8.13. The van der Waals surface area contributed by atoms with Gasteiger partial charge in [0.15, 0.2) is 0 Å². The van der Waals surface area contributed by atoms with Gasteiger partial charge < -0.3 is 10.5 Å². The van der Waals surface area contributed by atoms with E-state index < -0.39 is 0 Å². The molecular weight excluding hydrogens is 216 g/mol. The third kappa shape index (κ3) is 3.04. The van der Waals surface area contributed by atoms with E-state index in [1.807, 2.05) is 13.2 Å². The molecule has 0 saturated heterocycles. The van der Waals surface area contributed by atoms with Gasteiger partial charge in [0.25, 0.3) is 0 Å². The van der Waals surface area contributed by atoms with E-state index >= 15 is 0 Å². The minimum absolute atomic E-state index is 0.144. The standard InChI is InChI=1S/C12H22N4O/c1-10-4-3-5-12(6-10,9-13)17-8-11-7-16(2)15-14-11/h7,10H,3-6,8-9,13H2,1-2H3. The molecular formula is C12H22N4O. The molecule has 5 heteroatoms. The van der Waals surface area contributed by atoms with Gasteiger partial charge in [-0.05, 0) is 18.8 Å². The number of nitrogens with zero attached hydrogens (tertiary/aromatic N) is 3. The van der Waals surface area contributed by atoms with Crippen LogP contribution in [0.25, 0.3) is 0 Å². The van der Waals surface area contributed by atoms with Crippen LogP contribution in [-0.2, 0) is 18.4 Å². The van der Waals surface area contributed by atoms with Crippen molar-refractivity contribution >= 4 is 0 Å². The molecule has 1 aromatic heterocycles. The number of rotatable bonds is 4. The van der Waals surface area contributed by atoms with Crippen LogP contribution >= 0.6 is 0 Å². The molecule has 0 aliphatic heterocycles. The summed E-state index contributed by atoms with van der Waals surface area (Å²) >= 11 is 0. The SMILES string of the molecule is CC1CCCC(CN)(OCc2cn(C)nn2)C1. The summed E-state index contributed by atoms with van der Waals surface area (Å²) in [6, 6.07) is 0. The Morgan fingerprint density at radius 1 is 1.65 bits per heavy atom. The fourth-order valence-corrected chi connectivity index (χ4v) is 2.68. The number of aromatic nitrogens is 3. The van der Waals surface area contributed by atoms with Gasteiger partial charge in [-0.25, -0.2) is 0 Å². The van der Waals surface area contributed by atoms with Crippen LogP contribution in [0.2, 0.25) is 0 Å². The van der Waals surface area contributed by atoms with Gasteiger partial charge in [0.1, 0.15) is 5.69 Å². The van der Waals surface area contributed by atoms with Gasteiger partial charge in [-0.2, -0.15) is 0 Å². The molecule has 17 heavy (non-hydrogen) atoms. The largest absolute Gasteiger partial charge is 0.367 e. The monoisotopic (exact) mass is 238 g/mol. The Morgan fingerprint density at radius 3 is 3.06 bits per heavy atom. The van der Waals surface area contributed by atoms with Crippen molar-refractivity contribution < 1.29 is 4.74 Å². The lowest BCUT2D eigenvalue weighted by Gasteiger charge is -2.38. The number of aryl methyl sites for hydroxylation is 1. The molecule has 1 aromatic rings. The van der Waals surface area contributed by atoms with Crippen molar-refractivity contribution in [1.82, 2.24) is 15.0 Å². The second-order valence-corrected chi connectivity index (χ2v) is 5.26. The molecule has 1 aliphatic carbocycles. The van der Waals surface area contributed by atoms with Gasteiger partial charge >= 0.3 is 0 Å². The third-order valence-electron chi connectivity index (χ3n) is 3.60. The van der Waals surface area contributed by atoms with Gasteiger partial charge in [0.2, 0.25) is 0 Å². The number of hydrogen-bond acceptors (Lipinski definition) is 4. The van der Waals surface area contributed by atoms with Crippen molar-refractivity contribution in [3.8, 4) is 0 Å². The van der Waals surface area contributed by atoms with E-state index in [1.165, 1.54) is 12.8 Å². The summed E-state index contributed by atoms with van der Waals surface area (Å²) in [7, 11) is 1.86. The number of nitrogens with two attached hydrogens (primary N) is 1. The Hall–Kier alpha value is -0.940. The summed E-state index contributed by atoms with van der Waals surface area (Å²) in [5.41, 5.74) is 6.63. The van der Waals surface area contributed by atoms with Crippen LogP contribution in [0.3, 0.4) is 0 Å². The topological polar surface area (TPSA) is 66.0 Å². The molecule has 0 aromatic carbocycles. The first-order valence-corrected chi connectivity index (χ1v) is 6.33. The minimum Gasteiger partial charge on any atom is -0.367 e. The van der Waals surface area contributed by atoms with Gasteiger partial charge in [-0.1, -0.05) is 25.0 Å². The van der Waals surface area contributed by atoms with E-state index in [4.69, 9.17) is 10.5 Å². The van der Waals surface area contributed by atoms with E-state index in [0.717, 1.165) is 18.5 Å². The zero-order valence-electron chi connectivity index (χ0n) is 10.7. The molecule has 1 saturated carbocycles. The molecule has 1 fully saturated rings. The molecule has 96 valence electrons. The maximum absolute atomic E-state index is 6.05. The molecule has 5 nitrogen and oxygen atoms in total. The average molecular weight is 238 g/mol. The van der Waals surface area contributed by atoms with Gasteiger partial charge in [-0.15, -0.1) is 5.10 Å². The Kier molecular flexibility index (Phi) is 3.79. The van der Waals surface area contributed by atoms with E-state index in [1.54, 1.807) is 4.68 Å². The average Bonchev–Trinajstić information content (AvgIpc) is 2.73. The zero-order chi connectivity index (χ0) is 12.3. The molecule has 0 bridgehead atoms. The first kappa shape index (κ1) is 12.5. The number of hydrogen-bond donors (Lipinski definition) is 1. The highest BCUT2D eigenvalue weighted by Gasteiger charge is 2.34. The van der Waals surface area contributed by atoms with Gasteiger partial charge in [-0.3, -0.25) is 4.68 Å². The van der Waals surface area contributed by atoms with Crippen LogP contribution < -0.4 is 5.73 Å². The molecule has 0 spiro atoms. The summed E-state index contributed by atoms with van der Waals surface area (Å²) in [6.07, 6.45) is 6.50. The van der Waals surface area contributed by atoms with E-state index in [9.17, 15) is 0 Å². The van der Waals surface area contributed by atoms with Crippen LogP contribution in [0.4, 0.5) is 0 Å². The van der Waals surface area contributed by atoms with Crippen LogP contribution in [0, 0.1) is 5.92 Å². The van der Waals surface area contributed by atoms with Crippen LogP contribution in [0.15, 0.2) is 6.20 Å². The Bertz CT molecular complexity index is 365. The van der Waals surface area contributed by atoms with Gasteiger partial charge in [0, 0.05) is 13.6 Å². The molecule has 2 N–H and O–H groups in total. The predicted molar refractivity (Wildman–Crippen MR) is 65.2 cm³/mol. The normalized spacial score (nSPS) is 29.5. The van der Waals surface area contributed by atoms with Gasteiger partial charge in [0.05, 0.1) is 18.4 Å². The molecule has 2 atom stereocenters. The lowest BCUT2D eigenvalue weighted by molar-refractivity contribution is -0.0850. The quantitative estimate of drug-likeness (QED) is 0.857. The molecule has 2 unspecified atom stereocenters. The smallest absolute Gasteiger partial charge is 0.108 e. The fraction of sp³-hybridized carbons (Fsp3) is 0.833. The predicted octanol–water partition coefficient (Wildman–Crippen LogP) is 1.24. The first-order valence-electron chi connectivity index (χ1n) is 6.33. The second kappa shape index (κ2) is 5.14. The maximum Gasteiger partial charge on any atom is 0.108 e. The maximum atomic E-state index is 6.05. The molecule has 2 rings (SSSR count). The fourth-order valence-electron chi connectivity index (χ4n) is 2.68. The molecule has 0 amide bonds. The van der Waals surface area contributed by atoms with Crippen molar-refractivity contribution in [1.29, 1.82) is 0 Å². The van der Waals surface area contributed by atoms with E-state index in [2.05, 4.69) is 17.2 Å². The lowest BCUT2D eigenvalue weighted by atomic mass is 9.79. The van der Waals surface area contributed by atoms with Crippen molar-refractivity contribution in [3.05, 3.63) is 11.9 Å². The van der Waals surface area contributed by atoms with E-state index in [-0.39, 0.29) is 5.60 Å². The minimum atomic E-state index is -0.144. The molecule has 0 radical (unpaired) electrons. The van der Waals surface area contributed by atoms with Crippen LogP contribution in [0.1, 0.15) is 38.3 Å². The Labute approximate surface area is 102 Å². The van der Waals surface area contributed by atoms with Crippen molar-refractivity contribution in [2.45, 2.75) is 44.8 Å². The zero-order valence-corrected chi connectivity index (χ0v) is 10.7. The summed E-state index contributed by atoms with van der Waals surface area (Å²) in [5, 5.41) is 7.93. The van der Waals surface area contributed by atoms with Crippen LogP contribution in [-0.4, -0.2) is 27.1 Å². The van der Waals surface area contributed by atoms with Crippen LogP contribution in [0.5, 0.6) is 0 Å². The van der Waals surface area contributed by atoms with E-state index in [0.29, 0.717) is 19.1 Å². The Morgan fingerprint density at radius 2 is 2.47 bits per heavy atom. The number of ether oxygens (including phenoxy) is 1. The summed E-state index contributed by atoms with van der Waals surface area (Å²) in [5.74, 6) is 0.703. The van der Waals surface area contributed by atoms with Crippen molar-refractivity contribution in [2.75, 3.05) is 6.54 Å². The highest BCUT2D eigenvalue weighted by molar-refractivity contribution is 4.93. The summed E-state index contributed by atoms with van der Waals surface area (Å²) in [6.45, 7) is 3.38. The highest BCUT2D eigenvalue weighted by atomic mass is 16.5.